The Hall–Kier alpha value is -2.24. The lowest BCUT2D eigenvalue weighted by Crippen LogP contribution is -2.29. The van der Waals surface area contributed by atoms with Gasteiger partial charge in [-0.2, -0.15) is 0 Å². The van der Waals surface area contributed by atoms with Crippen molar-refractivity contribution in [2.75, 3.05) is 6.54 Å². The second kappa shape index (κ2) is 5.60. The fourth-order valence-corrected chi connectivity index (χ4v) is 1.89. The van der Waals surface area contributed by atoms with Crippen molar-refractivity contribution in [1.82, 2.24) is 0 Å². The van der Waals surface area contributed by atoms with Crippen LogP contribution in [0, 0.1) is 15.5 Å². The van der Waals surface area contributed by atoms with Crippen molar-refractivity contribution < 1.29 is 19.6 Å². The Morgan fingerprint density at radius 1 is 1.53 bits per heavy atom. The number of carbonyl (C=O) groups excluding carboxylic acids is 1. The van der Waals surface area contributed by atoms with Crippen LogP contribution < -0.4 is 0 Å². The van der Waals surface area contributed by atoms with Gasteiger partial charge in [-0.05, 0) is 17.7 Å². The predicted octanol–water partition coefficient (Wildman–Crippen LogP) is 1.97. The molecule has 1 aromatic rings. The smallest absolute Gasteiger partial charge is 0.335 e. The molecule has 0 heterocycles. The number of rotatable bonds is 6. The van der Waals surface area contributed by atoms with E-state index in [2.05, 4.69) is 0 Å². The fraction of sp³-hybridized carbons (Fsp3) is 0.385. The number of carbonyl (C=O) groups is 2. The van der Waals surface area contributed by atoms with E-state index in [9.17, 15) is 19.7 Å². The molecule has 0 saturated carbocycles. The molecule has 0 aliphatic carbocycles. The molecule has 0 aliphatic heterocycles. The van der Waals surface area contributed by atoms with Gasteiger partial charge in [0.2, 0.25) is 6.54 Å². The minimum Gasteiger partial charge on any atom is -0.478 e. The molecule has 0 aliphatic rings. The van der Waals surface area contributed by atoms with Crippen LogP contribution >= 0.6 is 0 Å². The number of hydrogen-bond acceptors (Lipinski definition) is 4. The molecule has 0 fully saturated rings. The third-order valence-corrected chi connectivity index (χ3v) is 3.07. The molecule has 1 aromatic carbocycles. The first-order valence-corrected chi connectivity index (χ1v) is 5.69. The Balaban J connectivity index is 3.24. The SMILES string of the molecule is CC(C)(C=O)[C@@H](C[N+](=O)[O-])c1cccc(C(=O)O)c1. The van der Waals surface area contributed by atoms with Crippen molar-refractivity contribution in [3.05, 3.63) is 45.5 Å². The summed E-state index contributed by atoms with van der Waals surface area (Å²) in [6, 6.07) is 5.91. The Bertz CT molecular complexity index is 510. The van der Waals surface area contributed by atoms with Crippen LogP contribution in [0.5, 0.6) is 0 Å². The molecule has 19 heavy (non-hydrogen) atoms. The van der Waals surface area contributed by atoms with Crippen LogP contribution in [0.3, 0.4) is 0 Å². The van der Waals surface area contributed by atoms with Crippen molar-refractivity contribution in [2.45, 2.75) is 19.8 Å². The van der Waals surface area contributed by atoms with Crippen LogP contribution in [0.15, 0.2) is 24.3 Å². The third kappa shape index (κ3) is 3.61. The highest BCUT2D eigenvalue weighted by atomic mass is 16.6. The molecule has 6 nitrogen and oxygen atoms in total. The first-order valence-electron chi connectivity index (χ1n) is 5.69. The zero-order valence-electron chi connectivity index (χ0n) is 10.7. The van der Waals surface area contributed by atoms with Gasteiger partial charge in [0.05, 0.1) is 11.5 Å². The minimum atomic E-state index is -1.11. The van der Waals surface area contributed by atoms with Crippen molar-refractivity contribution in [3.8, 4) is 0 Å². The van der Waals surface area contributed by atoms with E-state index in [-0.39, 0.29) is 5.56 Å². The van der Waals surface area contributed by atoms with Crippen LogP contribution in [0.25, 0.3) is 0 Å². The Labute approximate surface area is 110 Å². The second-order valence-electron chi connectivity index (χ2n) is 4.94. The third-order valence-electron chi connectivity index (χ3n) is 3.07. The molecule has 0 saturated heterocycles. The molecule has 1 N–H and O–H groups in total. The maximum atomic E-state index is 11.1. The largest absolute Gasteiger partial charge is 0.478 e. The average Bonchev–Trinajstić information content (AvgIpc) is 2.35. The fourth-order valence-electron chi connectivity index (χ4n) is 1.89. The van der Waals surface area contributed by atoms with Gasteiger partial charge in [-0.25, -0.2) is 4.79 Å². The number of nitrogens with zero attached hydrogens (tertiary/aromatic N) is 1. The summed E-state index contributed by atoms with van der Waals surface area (Å²) >= 11 is 0. The number of benzene rings is 1. The molecule has 1 rings (SSSR count). The standard InChI is InChI=1S/C13H15NO5/c1-13(2,8-15)11(7-14(18)19)9-4-3-5-10(6-9)12(16)17/h3-6,8,11H,7H2,1-2H3,(H,16,17)/t11-/m0/s1. The second-order valence-corrected chi connectivity index (χ2v) is 4.94. The lowest BCUT2D eigenvalue weighted by atomic mass is 9.75. The van der Waals surface area contributed by atoms with Gasteiger partial charge in [0, 0.05) is 10.3 Å². The van der Waals surface area contributed by atoms with Crippen molar-refractivity contribution in [3.63, 3.8) is 0 Å². The zero-order valence-corrected chi connectivity index (χ0v) is 10.7. The predicted molar refractivity (Wildman–Crippen MR) is 67.8 cm³/mol. The summed E-state index contributed by atoms with van der Waals surface area (Å²) in [5.74, 6) is -1.77. The molecule has 0 amide bonds. The van der Waals surface area contributed by atoms with Crippen molar-refractivity contribution in [1.29, 1.82) is 0 Å². The van der Waals surface area contributed by atoms with Crippen LogP contribution in [-0.4, -0.2) is 28.8 Å². The van der Waals surface area contributed by atoms with Gasteiger partial charge in [-0.3, -0.25) is 10.1 Å². The van der Waals surface area contributed by atoms with Crippen LogP contribution in [-0.2, 0) is 4.79 Å². The van der Waals surface area contributed by atoms with Gasteiger partial charge in [-0.1, -0.05) is 26.0 Å². The molecule has 0 radical (unpaired) electrons. The molecule has 0 aromatic heterocycles. The zero-order chi connectivity index (χ0) is 14.6. The first-order chi connectivity index (χ1) is 8.77. The first kappa shape index (κ1) is 14.8. The molecule has 1 atom stereocenters. The summed E-state index contributed by atoms with van der Waals surface area (Å²) < 4.78 is 0. The summed E-state index contributed by atoms with van der Waals surface area (Å²) in [5, 5.41) is 19.7. The topological polar surface area (TPSA) is 97.5 Å². The normalized spacial score (nSPS) is 12.7. The minimum absolute atomic E-state index is 0.0487. The highest BCUT2D eigenvalue weighted by molar-refractivity contribution is 5.87. The average molecular weight is 265 g/mol. The highest BCUT2D eigenvalue weighted by Crippen LogP contribution is 2.34. The summed E-state index contributed by atoms with van der Waals surface area (Å²) in [6.07, 6.45) is 0.661. The lowest BCUT2D eigenvalue weighted by molar-refractivity contribution is -0.485. The molecule has 0 unspecified atom stereocenters. The highest BCUT2D eigenvalue weighted by Gasteiger charge is 2.34. The van der Waals surface area contributed by atoms with Gasteiger partial charge in [0.25, 0.3) is 0 Å². The van der Waals surface area contributed by atoms with E-state index >= 15 is 0 Å². The van der Waals surface area contributed by atoms with E-state index in [1.807, 2.05) is 0 Å². The molecule has 0 bridgehead atoms. The van der Waals surface area contributed by atoms with Gasteiger partial charge < -0.3 is 9.90 Å². The summed E-state index contributed by atoms with van der Waals surface area (Å²) in [6.45, 7) is 2.78. The number of carboxylic acids is 1. The van der Waals surface area contributed by atoms with E-state index < -0.39 is 28.8 Å². The van der Waals surface area contributed by atoms with Crippen molar-refractivity contribution >= 4 is 12.3 Å². The molecular weight excluding hydrogens is 250 g/mol. The number of aldehydes is 1. The van der Waals surface area contributed by atoms with Crippen molar-refractivity contribution in [2.24, 2.45) is 5.41 Å². The quantitative estimate of drug-likeness (QED) is 0.481. The maximum absolute atomic E-state index is 11.1. The summed E-state index contributed by atoms with van der Waals surface area (Å²) in [4.78, 5) is 32.3. The van der Waals surface area contributed by atoms with E-state index in [1.165, 1.54) is 18.2 Å². The Morgan fingerprint density at radius 2 is 2.16 bits per heavy atom. The van der Waals surface area contributed by atoms with Gasteiger partial charge in [-0.15, -0.1) is 0 Å². The monoisotopic (exact) mass is 265 g/mol. The summed E-state index contributed by atoms with van der Waals surface area (Å²) in [7, 11) is 0. The molecule has 0 spiro atoms. The maximum Gasteiger partial charge on any atom is 0.335 e. The number of aromatic carboxylic acids is 1. The molecule has 102 valence electrons. The number of carboxylic acid groups (broad SMARTS) is 1. The van der Waals surface area contributed by atoms with E-state index in [0.717, 1.165) is 0 Å². The lowest BCUT2D eigenvalue weighted by Gasteiger charge is -2.26. The molecule has 6 heteroatoms. The van der Waals surface area contributed by atoms with Crippen LogP contribution in [0.2, 0.25) is 0 Å². The molecular formula is C13H15NO5. The Morgan fingerprint density at radius 3 is 2.63 bits per heavy atom. The number of hydrogen-bond donors (Lipinski definition) is 1. The van der Waals surface area contributed by atoms with Crippen LogP contribution in [0.1, 0.15) is 35.7 Å². The van der Waals surface area contributed by atoms with Gasteiger partial charge >= 0.3 is 5.97 Å². The Kier molecular flexibility index (Phi) is 4.37. The summed E-state index contributed by atoms with van der Waals surface area (Å²) in [5.41, 5.74) is -0.411. The van der Waals surface area contributed by atoms with Gasteiger partial charge in [0.15, 0.2) is 0 Å². The number of nitro groups is 1. The van der Waals surface area contributed by atoms with Crippen LogP contribution in [0.4, 0.5) is 0 Å². The van der Waals surface area contributed by atoms with E-state index in [4.69, 9.17) is 5.11 Å². The van der Waals surface area contributed by atoms with E-state index in [0.29, 0.717) is 11.8 Å². The van der Waals surface area contributed by atoms with E-state index in [1.54, 1.807) is 19.9 Å². The van der Waals surface area contributed by atoms with Gasteiger partial charge in [0.1, 0.15) is 6.29 Å².